The van der Waals surface area contributed by atoms with Crippen LogP contribution in [-0.2, 0) is 19.6 Å². The first-order valence-corrected chi connectivity index (χ1v) is 10.4. The summed E-state index contributed by atoms with van der Waals surface area (Å²) in [5.41, 5.74) is -6.33. The number of halogens is 3. The lowest BCUT2D eigenvalue weighted by Crippen LogP contribution is -2.31. The lowest BCUT2D eigenvalue weighted by atomic mass is 9.95. The number of alkyl halides is 3. The van der Waals surface area contributed by atoms with E-state index in [9.17, 15) is 31.5 Å². The zero-order chi connectivity index (χ0) is 23.8. The van der Waals surface area contributed by atoms with Crippen molar-refractivity contribution in [1.29, 1.82) is 0 Å². The minimum absolute atomic E-state index is 0.0289. The number of fused-ring (bicyclic) bond motifs is 1. The molecule has 31 heavy (non-hydrogen) atoms. The normalized spacial score (nSPS) is 13.4. The SMILES string of the molecule is CC#Cc1ccc2c(OS(=O)(=O)C(F)(F)F)c(C(OC(C)(C)C)C(=O)O)c(C)cc2c1. The molecule has 0 aliphatic rings. The maximum absolute atomic E-state index is 13.1. The zero-order valence-electron chi connectivity index (χ0n) is 17.4. The van der Waals surface area contributed by atoms with Crippen molar-refractivity contribution in [2.75, 3.05) is 0 Å². The van der Waals surface area contributed by atoms with Crippen LogP contribution in [0, 0.1) is 18.8 Å². The van der Waals surface area contributed by atoms with Crippen LogP contribution in [0.2, 0.25) is 0 Å². The third kappa shape index (κ3) is 5.48. The van der Waals surface area contributed by atoms with Crippen molar-refractivity contribution >= 4 is 26.9 Å². The molecule has 0 heterocycles. The van der Waals surface area contributed by atoms with Crippen molar-refractivity contribution in [3.63, 3.8) is 0 Å². The highest BCUT2D eigenvalue weighted by atomic mass is 32.2. The standard InChI is InChI=1S/C21H21F3O6S/c1-6-7-13-8-9-15-14(11-13)10-12(2)16(18(19(25)26)29-20(3,4)5)17(15)30-31(27,28)21(22,23)24/h8-11,18H,1-5H3,(H,25,26). The maximum Gasteiger partial charge on any atom is 0.534 e. The molecule has 0 aliphatic heterocycles. The smallest absolute Gasteiger partial charge is 0.479 e. The zero-order valence-corrected chi connectivity index (χ0v) is 18.2. The lowest BCUT2D eigenvalue weighted by molar-refractivity contribution is -0.160. The molecule has 0 saturated carbocycles. The quantitative estimate of drug-likeness (QED) is 0.397. The number of benzene rings is 2. The number of ether oxygens (including phenoxy) is 1. The highest BCUT2D eigenvalue weighted by Crippen LogP contribution is 2.42. The molecule has 0 aromatic heterocycles. The molecule has 0 radical (unpaired) electrons. The number of aliphatic carboxylic acids is 1. The van der Waals surface area contributed by atoms with Crippen LogP contribution >= 0.6 is 0 Å². The Morgan fingerprint density at radius 1 is 1.16 bits per heavy atom. The van der Waals surface area contributed by atoms with Crippen LogP contribution in [0.5, 0.6) is 5.75 Å². The van der Waals surface area contributed by atoms with Gasteiger partial charge in [-0.3, -0.25) is 0 Å². The van der Waals surface area contributed by atoms with E-state index in [1.165, 1.54) is 31.2 Å². The second-order valence-corrected chi connectivity index (χ2v) is 9.22. The summed E-state index contributed by atoms with van der Waals surface area (Å²) in [4.78, 5) is 11.9. The summed E-state index contributed by atoms with van der Waals surface area (Å²) in [5.74, 6) is 3.21. The fourth-order valence-electron chi connectivity index (χ4n) is 2.91. The Balaban J connectivity index is 2.92. The number of rotatable bonds is 5. The molecule has 10 heteroatoms. The summed E-state index contributed by atoms with van der Waals surface area (Å²) in [6.45, 7) is 7.71. The summed E-state index contributed by atoms with van der Waals surface area (Å²) < 4.78 is 72.9. The Hall–Kier alpha value is -2.77. The number of aryl methyl sites for hydroxylation is 1. The predicted octanol–water partition coefficient (Wildman–Crippen LogP) is 4.69. The van der Waals surface area contributed by atoms with Crippen molar-refractivity contribution < 1.29 is 40.4 Å². The van der Waals surface area contributed by atoms with Gasteiger partial charge in [-0.2, -0.15) is 21.6 Å². The third-order valence-corrected chi connectivity index (χ3v) is 4.99. The minimum atomic E-state index is -6.08. The highest BCUT2D eigenvalue weighted by Gasteiger charge is 2.49. The summed E-state index contributed by atoms with van der Waals surface area (Å²) in [7, 11) is -6.08. The van der Waals surface area contributed by atoms with E-state index >= 15 is 0 Å². The van der Waals surface area contributed by atoms with Crippen LogP contribution in [0.1, 0.15) is 50.5 Å². The molecule has 0 fully saturated rings. The second kappa shape index (κ2) is 8.40. The third-order valence-electron chi connectivity index (χ3n) is 4.04. The van der Waals surface area contributed by atoms with Gasteiger partial charge in [0.1, 0.15) is 0 Å². The first-order chi connectivity index (χ1) is 14.1. The minimum Gasteiger partial charge on any atom is -0.479 e. The van der Waals surface area contributed by atoms with E-state index < -0.39 is 39.1 Å². The van der Waals surface area contributed by atoms with Crippen LogP contribution in [0.4, 0.5) is 13.2 Å². The average molecular weight is 458 g/mol. The molecule has 0 aliphatic carbocycles. The van der Waals surface area contributed by atoms with Gasteiger partial charge in [-0.15, -0.1) is 5.92 Å². The molecule has 0 bridgehead atoms. The molecule has 1 unspecified atom stereocenters. The number of carbonyl (C=O) groups is 1. The molecule has 1 N–H and O–H groups in total. The molecule has 2 aromatic rings. The van der Waals surface area contributed by atoms with Crippen molar-refractivity contribution in [2.45, 2.75) is 51.8 Å². The lowest BCUT2D eigenvalue weighted by Gasteiger charge is -2.28. The van der Waals surface area contributed by atoms with E-state index in [4.69, 9.17) is 4.74 Å². The average Bonchev–Trinajstić information content (AvgIpc) is 2.58. The van der Waals surface area contributed by atoms with E-state index in [0.29, 0.717) is 10.9 Å². The van der Waals surface area contributed by atoms with Crippen LogP contribution in [-0.4, -0.2) is 30.6 Å². The number of carboxylic acids is 1. The van der Waals surface area contributed by atoms with E-state index in [-0.39, 0.29) is 16.5 Å². The van der Waals surface area contributed by atoms with Crippen molar-refractivity contribution in [1.82, 2.24) is 0 Å². The molecule has 0 spiro atoms. The fourth-order valence-corrected chi connectivity index (χ4v) is 3.40. The van der Waals surface area contributed by atoms with Crippen molar-refractivity contribution in [2.24, 2.45) is 0 Å². The Kier molecular flexibility index (Phi) is 6.64. The molecule has 6 nitrogen and oxygen atoms in total. The van der Waals surface area contributed by atoms with E-state index in [1.54, 1.807) is 27.7 Å². The molecular weight excluding hydrogens is 437 g/mol. The van der Waals surface area contributed by atoms with Gasteiger partial charge in [0.2, 0.25) is 0 Å². The van der Waals surface area contributed by atoms with Crippen molar-refractivity contribution in [3.05, 3.63) is 41.0 Å². The van der Waals surface area contributed by atoms with E-state index in [0.717, 1.165) is 0 Å². The molecular formula is C21H21F3O6S. The second-order valence-electron chi connectivity index (χ2n) is 7.68. The van der Waals surface area contributed by atoms with Gasteiger partial charge in [-0.25, -0.2) is 4.79 Å². The summed E-state index contributed by atoms with van der Waals surface area (Å²) in [6, 6.07) is 5.84. The summed E-state index contributed by atoms with van der Waals surface area (Å²) in [6.07, 6.45) is -1.78. The van der Waals surface area contributed by atoms with Crippen LogP contribution < -0.4 is 4.18 Å². The van der Waals surface area contributed by atoms with Gasteiger partial charge in [0, 0.05) is 16.5 Å². The van der Waals surface area contributed by atoms with Gasteiger partial charge in [-0.05, 0) is 63.8 Å². The Bertz CT molecular complexity index is 1180. The molecule has 0 saturated heterocycles. The first-order valence-electron chi connectivity index (χ1n) is 8.99. The number of carboxylic acid groups (broad SMARTS) is 1. The topological polar surface area (TPSA) is 89.9 Å². The summed E-state index contributed by atoms with van der Waals surface area (Å²) in [5, 5.41) is 10.0. The largest absolute Gasteiger partial charge is 0.534 e. The first kappa shape index (κ1) is 24.5. The Labute approximate surface area is 178 Å². The molecule has 0 amide bonds. The van der Waals surface area contributed by atoms with Gasteiger partial charge in [0.25, 0.3) is 0 Å². The number of hydrogen-bond donors (Lipinski definition) is 1. The van der Waals surface area contributed by atoms with E-state index in [1.807, 2.05) is 0 Å². The maximum atomic E-state index is 13.1. The van der Waals surface area contributed by atoms with Gasteiger partial charge >= 0.3 is 21.6 Å². The van der Waals surface area contributed by atoms with Crippen LogP contribution in [0.3, 0.4) is 0 Å². The van der Waals surface area contributed by atoms with Crippen LogP contribution in [0.15, 0.2) is 24.3 Å². The Morgan fingerprint density at radius 3 is 2.26 bits per heavy atom. The predicted molar refractivity (Wildman–Crippen MR) is 108 cm³/mol. The van der Waals surface area contributed by atoms with Gasteiger partial charge in [0.05, 0.1) is 5.60 Å². The molecule has 168 valence electrons. The van der Waals surface area contributed by atoms with Gasteiger partial charge < -0.3 is 14.0 Å². The highest BCUT2D eigenvalue weighted by molar-refractivity contribution is 7.88. The Morgan fingerprint density at radius 2 is 1.77 bits per heavy atom. The number of hydrogen-bond acceptors (Lipinski definition) is 5. The molecule has 2 aromatic carbocycles. The monoisotopic (exact) mass is 458 g/mol. The molecule has 1 atom stereocenters. The summed E-state index contributed by atoms with van der Waals surface area (Å²) >= 11 is 0. The van der Waals surface area contributed by atoms with E-state index in [2.05, 4.69) is 16.0 Å². The molecule has 2 rings (SSSR count). The fraction of sp³-hybridized carbons (Fsp3) is 0.381. The van der Waals surface area contributed by atoms with Gasteiger partial charge in [0.15, 0.2) is 11.9 Å². The van der Waals surface area contributed by atoms with Crippen molar-refractivity contribution in [3.8, 4) is 17.6 Å². The van der Waals surface area contributed by atoms with Gasteiger partial charge in [-0.1, -0.05) is 12.0 Å². The van der Waals surface area contributed by atoms with Crippen LogP contribution in [0.25, 0.3) is 10.8 Å².